The average Bonchev–Trinajstić information content (AvgIpc) is 2.43. The van der Waals surface area contributed by atoms with Crippen LogP contribution in [0.1, 0.15) is 19.8 Å². The summed E-state index contributed by atoms with van der Waals surface area (Å²) >= 11 is 0. The van der Waals surface area contributed by atoms with Gasteiger partial charge in [0.05, 0.1) is 12.6 Å². The Bertz CT molecular complexity index is 541. The van der Waals surface area contributed by atoms with Gasteiger partial charge in [0.25, 0.3) is 5.56 Å². The summed E-state index contributed by atoms with van der Waals surface area (Å²) in [6, 6.07) is 2.79. The molecule has 1 aliphatic heterocycles. The second-order valence-electron chi connectivity index (χ2n) is 5.33. The van der Waals surface area contributed by atoms with E-state index in [1.807, 2.05) is 6.92 Å². The largest absolute Gasteiger partial charge is 0.394 e. The molecule has 2 N–H and O–H groups in total. The van der Waals surface area contributed by atoms with E-state index in [1.165, 1.54) is 4.57 Å². The number of hydrogen-bond acceptors (Lipinski definition) is 3. The minimum Gasteiger partial charge on any atom is -0.394 e. The van der Waals surface area contributed by atoms with Crippen LogP contribution in [0.5, 0.6) is 0 Å². The molecule has 1 fully saturated rings. The van der Waals surface area contributed by atoms with E-state index in [2.05, 4.69) is 5.32 Å². The first-order valence-corrected chi connectivity index (χ1v) is 6.88. The van der Waals surface area contributed by atoms with Gasteiger partial charge in [-0.05, 0) is 30.9 Å². The third kappa shape index (κ3) is 2.85. The number of carbonyl (C=O) groups is 1. The molecule has 0 aromatic carbocycles. The SMILES string of the molecule is CC1CCCN(C(=O)Nc2cccn(C)c2=O)C1CO. The Morgan fingerprint density at radius 2 is 2.30 bits per heavy atom. The second-order valence-corrected chi connectivity index (χ2v) is 5.33. The van der Waals surface area contributed by atoms with E-state index in [1.54, 1.807) is 30.3 Å². The number of aliphatic hydroxyl groups is 1. The highest BCUT2D eigenvalue weighted by Gasteiger charge is 2.31. The Morgan fingerprint density at radius 1 is 1.55 bits per heavy atom. The Labute approximate surface area is 118 Å². The van der Waals surface area contributed by atoms with Gasteiger partial charge in [-0.15, -0.1) is 0 Å². The van der Waals surface area contributed by atoms with E-state index >= 15 is 0 Å². The van der Waals surface area contributed by atoms with Crippen molar-refractivity contribution in [2.75, 3.05) is 18.5 Å². The fourth-order valence-electron chi connectivity index (χ4n) is 2.66. The molecule has 2 rings (SSSR count). The Balaban J connectivity index is 2.15. The van der Waals surface area contributed by atoms with E-state index < -0.39 is 0 Å². The second kappa shape index (κ2) is 6.09. The topological polar surface area (TPSA) is 74.6 Å². The first-order valence-electron chi connectivity index (χ1n) is 6.88. The Kier molecular flexibility index (Phi) is 4.44. The zero-order valence-corrected chi connectivity index (χ0v) is 11.9. The minimum atomic E-state index is -0.320. The number of nitrogens with zero attached hydrogens (tertiary/aromatic N) is 2. The van der Waals surface area contributed by atoms with Gasteiger partial charge in [0.15, 0.2) is 0 Å². The number of likely N-dealkylation sites (tertiary alicyclic amines) is 1. The number of hydrogen-bond donors (Lipinski definition) is 2. The van der Waals surface area contributed by atoms with Gasteiger partial charge >= 0.3 is 6.03 Å². The third-order valence-electron chi connectivity index (χ3n) is 3.93. The maximum Gasteiger partial charge on any atom is 0.322 e. The number of rotatable bonds is 2. The van der Waals surface area contributed by atoms with Crippen LogP contribution >= 0.6 is 0 Å². The molecule has 1 aliphatic rings. The molecule has 2 heterocycles. The number of aromatic nitrogens is 1. The van der Waals surface area contributed by atoms with Crippen LogP contribution in [0.2, 0.25) is 0 Å². The van der Waals surface area contributed by atoms with Crippen molar-refractivity contribution in [3.05, 3.63) is 28.7 Å². The van der Waals surface area contributed by atoms with Gasteiger partial charge in [-0.1, -0.05) is 6.92 Å². The van der Waals surface area contributed by atoms with Crippen LogP contribution in [-0.4, -0.2) is 39.8 Å². The van der Waals surface area contributed by atoms with Crippen molar-refractivity contribution < 1.29 is 9.90 Å². The predicted molar refractivity (Wildman–Crippen MR) is 76.7 cm³/mol. The molecule has 2 atom stereocenters. The van der Waals surface area contributed by atoms with Gasteiger partial charge in [-0.25, -0.2) is 4.79 Å². The predicted octanol–water partition coefficient (Wildman–Crippen LogP) is 1.01. The highest BCUT2D eigenvalue weighted by atomic mass is 16.3. The van der Waals surface area contributed by atoms with Crippen LogP contribution in [0.3, 0.4) is 0 Å². The lowest BCUT2D eigenvalue weighted by atomic mass is 9.91. The van der Waals surface area contributed by atoms with E-state index in [4.69, 9.17) is 0 Å². The van der Waals surface area contributed by atoms with Crippen LogP contribution in [-0.2, 0) is 7.05 Å². The van der Waals surface area contributed by atoms with Gasteiger partial charge < -0.3 is 19.9 Å². The summed E-state index contributed by atoms with van der Waals surface area (Å²) in [4.78, 5) is 25.8. The van der Waals surface area contributed by atoms with Gasteiger partial charge in [0.2, 0.25) is 0 Å². The molecule has 0 aliphatic carbocycles. The zero-order chi connectivity index (χ0) is 14.7. The molecule has 2 unspecified atom stereocenters. The number of urea groups is 1. The van der Waals surface area contributed by atoms with Crippen molar-refractivity contribution in [1.29, 1.82) is 0 Å². The lowest BCUT2D eigenvalue weighted by Crippen LogP contribution is -2.51. The van der Waals surface area contributed by atoms with E-state index in [9.17, 15) is 14.7 Å². The van der Waals surface area contributed by atoms with Gasteiger partial charge in [0, 0.05) is 19.8 Å². The average molecular weight is 279 g/mol. The van der Waals surface area contributed by atoms with Gasteiger partial charge in [0.1, 0.15) is 5.69 Å². The maximum absolute atomic E-state index is 12.3. The molecular formula is C14H21N3O3. The van der Waals surface area contributed by atoms with Crippen molar-refractivity contribution in [2.45, 2.75) is 25.8 Å². The molecule has 110 valence electrons. The summed E-state index contributed by atoms with van der Waals surface area (Å²) in [5.74, 6) is 0.262. The monoisotopic (exact) mass is 279 g/mol. The van der Waals surface area contributed by atoms with Crippen molar-refractivity contribution in [1.82, 2.24) is 9.47 Å². The molecule has 2 amide bonds. The van der Waals surface area contributed by atoms with Crippen molar-refractivity contribution in [3.63, 3.8) is 0 Å². The summed E-state index contributed by atoms with van der Waals surface area (Å²) in [7, 11) is 1.64. The molecule has 6 nitrogen and oxygen atoms in total. The normalized spacial score (nSPS) is 22.6. The van der Waals surface area contributed by atoms with Crippen LogP contribution in [0, 0.1) is 5.92 Å². The standard InChI is InChI=1S/C14H21N3O3/c1-10-5-3-8-17(12(10)9-18)14(20)15-11-6-4-7-16(2)13(11)19/h4,6-7,10,12,18H,3,5,8-9H2,1-2H3,(H,15,20). The van der Waals surface area contributed by atoms with E-state index in [0.29, 0.717) is 6.54 Å². The molecule has 0 bridgehead atoms. The fourth-order valence-corrected chi connectivity index (χ4v) is 2.66. The first kappa shape index (κ1) is 14.6. The molecule has 0 saturated carbocycles. The van der Waals surface area contributed by atoms with Crippen molar-refractivity contribution >= 4 is 11.7 Å². The Hall–Kier alpha value is -1.82. The number of aliphatic hydroxyl groups excluding tert-OH is 1. The summed E-state index contributed by atoms with van der Waals surface area (Å²) in [5.41, 5.74) is 0.0152. The van der Waals surface area contributed by atoms with Crippen molar-refractivity contribution in [2.24, 2.45) is 13.0 Å². The van der Waals surface area contributed by atoms with Gasteiger partial charge in [-0.3, -0.25) is 4.79 Å². The van der Waals surface area contributed by atoms with Crippen LogP contribution in [0.15, 0.2) is 23.1 Å². The number of aryl methyl sites for hydroxylation is 1. The fraction of sp³-hybridized carbons (Fsp3) is 0.571. The molecule has 20 heavy (non-hydrogen) atoms. The number of pyridine rings is 1. The number of carbonyl (C=O) groups excluding carboxylic acids is 1. The van der Waals surface area contributed by atoms with Crippen LogP contribution in [0.4, 0.5) is 10.5 Å². The first-order chi connectivity index (χ1) is 9.54. The van der Waals surface area contributed by atoms with Gasteiger partial charge in [-0.2, -0.15) is 0 Å². The Morgan fingerprint density at radius 3 is 3.00 bits per heavy atom. The summed E-state index contributed by atoms with van der Waals surface area (Å²) in [6.07, 6.45) is 3.55. The number of piperidine rings is 1. The van der Waals surface area contributed by atoms with Crippen molar-refractivity contribution in [3.8, 4) is 0 Å². The third-order valence-corrected chi connectivity index (χ3v) is 3.93. The highest BCUT2D eigenvalue weighted by molar-refractivity contribution is 5.89. The highest BCUT2D eigenvalue weighted by Crippen LogP contribution is 2.23. The maximum atomic E-state index is 12.3. The molecular weight excluding hydrogens is 258 g/mol. The molecule has 1 aromatic rings. The smallest absolute Gasteiger partial charge is 0.322 e. The molecule has 0 radical (unpaired) electrons. The number of amides is 2. The molecule has 1 saturated heterocycles. The summed E-state index contributed by atoms with van der Waals surface area (Å²) in [6.45, 7) is 2.58. The quantitative estimate of drug-likeness (QED) is 0.848. The molecule has 1 aromatic heterocycles. The molecule has 6 heteroatoms. The van der Waals surface area contributed by atoms with Crippen LogP contribution < -0.4 is 10.9 Å². The summed E-state index contributed by atoms with van der Waals surface area (Å²) < 4.78 is 1.41. The zero-order valence-electron chi connectivity index (χ0n) is 11.9. The number of anilines is 1. The molecule has 0 spiro atoms. The lowest BCUT2D eigenvalue weighted by Gasteiger charge is -2.38. The van der Waals surface area contributed by atoms with Crippen LogP contribution in [0.25, 0.3) is 0 Å². The van der Waals surface area contributed by atoms with E-state index in [-0.39, 0.29) is 35.8 Å². The lowest BCUT2D eigenvalue weighted by molar-refractivity contribution is 0.0811. The minimum absolute atomic E-state index is 0.0542. The summed E-state index contributed by atoms with van der Waals surface area (Å²) in [5, 5.41) is 12.1. The number of nitrogens with one attached hydrogen (secondary N) is 1. The van der Waals surface area contributed by atoms with E-state index in [0.717, 1.165) is 12.8 Å².